The van der Waals surface area contributed by atoms with Crippen LogP contribution in [0.15, 0.2) is 0 Å². The van der Waals surface area contributed by atoms with Crippen molar-refractivity contribution >= 4 is 5.91 Å². The smallest absolute Gasteiger partial charge is 0.224 e. The summed E-state index contributed by atoms with van der Waals surface area (Å²) >= 11 is 0. The van der Waals surface area contributed by atoms with E-state index in [2.05, 4.69) is 35.8 Å². The normalized spacial score (nSPS) is 22.5. The number of likely N-dealkylation sites (N-methyl/N-ethyl adjacent to an activating group) is 1. The fourth-order valence-corrected chi connectivity index (χ4v) is 3.14. The molecule has 0 aromatic carbocycles. The molecule has 1 saturated carbocycles. The second-order valence-electron chi connectivity index (χ2n) is 7.13. The minimum absolute atomic E-state index is 0.0746. The average molecular weight is 296 g/mol. The third-order valence-electron chi connectivity index (χ3n) is 4.88. The molecule has 122 valence electrons. The molecule has 1 saturated heterocycles. The van der Waals surface area contributed by atoms with Crippen molar-refractivity contribution in [1.29, 1.82) is 0 Å². The lowest BCUT2D eigenvalue weighted by molar-refractivity contribution is -0.135. The predicted octanol–water partition coefficient (Wildman–Crippen LogP) is 0.598. The SMILES string of the molecule is CN(C)CCN(C(=O)CC(N)C1CC1)C1CCN(C)CC1. The van der Waals surface area contributed by atoms with E-state index in [9.17, 15) is 4.79 Å². The van der Waals surface area contributed by atoms with Gasteiger partial charge in [-0.1, -0.05) is 0 Å². The summed E-state index contributed by atoms with van der Waals surface area (Å²) in [6, 6.07) is 0.477. The lowest BCUT2D eigenvalue weighted by Gasteiger charge is -2.38. The van der Waals surface area contributed by atoms with E-state index < -0.39 is 0 Å². The quantitative estimate of drug-likeness (QED) is 0.747. The molecule has 0 spiro atoms. The fourth-order valence-electron chi connectivity index (χ4n) is 3.14. The Hall–Kier alpha value is -0.650. The molecule has 2 fully saturated rings. The van der Waals surface area contributed by atoms with Crippen molar-refractivity contribution in [3.8, 4) is 0 Å². The van der Waals surface area contributed by atoms with Gasteiger partial charge in [0.1, 0.15) is 0 Å². The van der Waals surface area contributed by atoms with Crippen LogP contribution in [0.1, 0.15) is 32.1 Å². The number of nitrogens with zero attached hydrogens (tertiary/aromatic N) is 3. The summed E-state index contributed by atoms with van der Waals surface area (Å²) in [7, 11) is 6.28. The molecule has 0 radical (unpaired) electrons. The first-order valence-corrected chi connectivity index (χ1v) is 8.35. The van der Waals surface area contributed by atoms with Gasteiger partial charge in [-0.3, -0.25) is 4.79 Å². The highest BCUT2D eigenvalue weighted by Gasteiger charge is 2.33. The van der Waals surface area contributed by atoms with Crippen molar-refractivity contribution in [3.63, 3.8) is 0 Å². The molecular weight excluding hydrogens is 264 g/mol. The Bertz CT molecular complexity index is 335. The first-order valence-electron chi connectivity index (χ1n) is 8.35. The van der Waals surface area contributed by atoms with Gasteiger partial charge in [-0.2, -0.15) is 0 Å². The van der Waals surface area contributed by atoms with E-state index in [0.717, 1.165) is 39.0 Å². The van der Waals surface area contributed by atoms with E-state index in [1.165, 1.54) is 12.8 Å². The second-order valence-corrected chi connectivity index (χ2v) is 7.13. The summed E-state index contributed by atoms with van der Waals surface area (Å²) < 4.78 is 0. The number of carbonyl (C=O) groups is 1. The molecule has 1 atom stereocenters. The van der Waals surface area contributed by atoms with Crippen molar-refractivity contribution in [2.45, 2.75) is 44.2 Å². The maximum absolute atomic E-state index is 12.7. The highest BCUT2D eigenvalue weighted by molar-refractivity contribution is 5.77. The van der Waals surface area contributed by atoms with Gasteiger partial charge in [-0.05, 0) is 65.8 Å². The van der Waals surface area contributed by atoms with Crippen molar-refractivity contribution in [2.75, 3.05) is 47.3 Å². The zero-order chi connectivity index (χ0) is 15.4. The van der Waals surface area contributed by atoms with Crippen LogP contribution in [0.2, 0.25) is 0 Å². The minimum atomic E-state index is 0.0746. The molecule has 5 nitrogen and oxygen atoms in total. The van der Waals surface area contributed by atoms with Gasteiger partial charge in [0, 0.05) is 31.6 Å². The molecule has 1 heterocycles. The summed E-state index contributed by atoms with van der Waals surface area (Å²) in [4.78, 5) is 19.3. The van der Waals surface area contributed by atoms with E-state index in [4.69, 9.17) is 5.73 Å². The molecule has 5 heteroatoms. The second kappa shape index (κ2) is 7.56. The van der Waals surface area contributed by atoms with Gasteiger partial charge in [-0.15, -0.1) is 0 Å². The van der Waals surface area contributed by atoms with Crippen LogP contribution in [0, 0.1) is 5.92 Å². The molecule has 1 unspecified atom stereocenters. The zero-order valence-corrected chi connectivity index (χ0v) is 13.9. The van der Waals surface area contributed by atoms with Gasteiger partial charge in [0.25, 0.3) is 0 Å². The van der Waals surface area contributed by atoms with Gasteiger partial charge < -0.3 is 20.4 Å². The number of rotatable bonds is 7. The van der Waals surface area contributed by atoms with Gasteiger partial charge >= 0.3 is 0 Å². The van der Waals surface area contributed by atoms with Crippen molar-refractivity contribution in [2.24, 2.45) is 11.7 Å². The van der Waals surface area contributed by atoms with Gasteiger partial charge in [-0.25, -0.2) is 0 Å². The number of hydrogen-bond acceptors (Lipinski definition) is 4. The zero-order valence-electron chi connectivity index (χ0n) is 13.9. The Morgan fingerprint density at radius 3 is 2.33 bits per heavy atom. The summed E-state index contributed by atoms with van der Waals surface area (Å²) in [5, 5.41) is 0. The molecule has 1 amide bonds. The van der Waals surface area contributed by atoms with Gasteiger partial charge in [0.15, 0.2) is 0 Å². The lowest BCUT2D eigenvalue weighted by atomic mass is 10.0. The summed E-state index contributed by atoms with van der Waals surface area (Å²) in [5.74, 6) is 0.868. The Kier molecular flexibility index (Phi) is 6.02. The average Bonchev–Trinajstić information content (AvgIpc) is 3.25. The Morgan fingerprint density at radius 2 is 1.81 bits per heavy atom. The van der Waals surface area contributed by atoms with E-state index in [0.29, 0.717) is 18.4 Å². The molecule has 2 rings (SSSR count). The molecule has 0 aromatic rings. The van der Waals surface area contributed by atoms with Crippen molar-refractivity contribution in [3.05, 3.63) is 0 Å². The Morgan fingerprint density at radius 1 is 1.19 bits per heavy atom. The summed E-state index contributed by atoms with van der Waals surface area (Å²) in [6.45, 7) is 3.94. The third-order valence-corrected chi connectivity index (χ3v) is 4.88. The van der Waals surface area contributed by atoms with Gasteiger partial charge in [0.2, 0.25) is 5.91 Å². The maximum Gasteiger partial charge on any atom is 0.224 e. The molecule has 1 aliphatic heterocycles. The van der Waals surface area contributed by atoms with Crippen LogP contribution in [0.4, 0.5) is 0 Å². The third kappa shape index (κ3) is 5.24. The first kappa shape index (κ1) is 16.7. The Labute approximate surface area is 129 Å². The number of hydrogen-bond donors (Lipinski definition) is 1. The van der Waals surface area contributed by atoms with E-state index >= 15 is 0 Å². The number of amides is 1. The highest BCUT2D eigenvalue weighted by atomic mass is 16.2. The maximum atomic E-state index is 12.7. The largest absolute Gasteiger partial charge is 0.338 e. The molecular formula is C16H32N4O. The summed E-state index contributed by atoms with van der Waals surface area (Å²) in [6.07, 6.45) is 5.13. The minimum Gasteiger partial charge on any atom is -0.338 e. The van der Waals surface area contributed by atoms with E-state index in [-0.39, 0.29) is 11.9 Å². The molecule has 0 aromatic heterocycles. The van der Waals surface area contributed by atoms with Crippen molar-refractivity contribution < 1.29 is 4.79 Å². The Balaban J connectivity index is 1.91. The van der Waals surface area contributed by atoms with Crippen LogP contribution in [-0.4, -0.2) is 80.0 Å². The summed E-state index contributed by atoms with van der Waals surface area (Å²) in [5.41, 5.74) is 6.16. The van der Waals surface area contributed by atoms with Crippen LogP contribution < -0.4 is 5.73 Å². The fraction of sp³-hybridized carbons (Fsp3) is 0.938. The first-order chi connectivity index (χ1) is 9.97. The van der Waals surface area contributed by atoms with Crippen LogP contribution >= 0.6 is 0 Å². The van der Waals surface area contributed by atoms with Crippen LogP contribution in [0.3, 0.4) is 0 Å². The molecule has 1 aliphatic carbocycles. The molecule has 2 aliphatic rings. The predicted molar refractivity (Wildman–Crippen MR) is 86.1 cm³/mol. The number of piperidine rings is 1. The monoisotopic (exact) mass is 296 g/mol. The number of carbonyl (C=O) groups excluding carboxylic acids is 1. The topological polar surface area (TPSA) is 52.8 Å². The molecule has 0 bridgehead atoms. The van der Waals surface area contributed by atoms with Crippen LogP contribution in [-0.2, 0) is 4.79 Å². The molecule has 21 heavy (non-hydrogen) atoms. The standard InChI is InChI=1S/C16H32N4O/c1-18(2)10-11-20(14-6-8-19(3)9-7-14)16(21)12-15(17)13-4-5-13/h13-15H,4-12,17H2,1-3H3. The molecule has 2 N–H and O–H groups in total. The van der Waals surface area contributed by atoms with Crippen molar-refractivity contribution in [1.82, 2.24) is 14.7 Å². The number of likely N-dealkylation sites (tertiary alicyclic amines) is 1. The lowest BCUT2D eigenvalue weighted by Crippen LogP contribution is -2.49. The van der Waals surface area contributed by atoms with Crippen LogP contribution in [0.25, 0.3) is 0 Å². The van der Waals surface area contributed by atoms with E-state index in [1.54, 1.807) is 0 Å². The highest BCUT2D eigenvalue weighted by Crippen LogP contribution is 2.33. The van der Waals surface area contributed by atoms with Crippen LogP contribution in [0.5, 0.6) is 0 Å². The number of nitrogens with two attached hydrogens (primary N) is 1. The van der Waals surface area contributed by atoms with E-state index in [1.807, 2.05) is 0 Å². The van der Waals surface area contributed by atoms with Gasteiger partial charge in [0.05, 0.1) is 0 Å².